The fraction of sp³-hybridized carbons (Fsp3) is 0.533. The highest BCUT2D eigenvalue weighted by molar-refractivity contribution is 6.30. The molecule has 0 saturated carbocycles. The molecule has 1 aliphatic rings. The maximum absolute atomic E-state index is 12.0. The molecular weight excluding hydrogens is 278 g/mol. The Morgan fingerprint density at radius 1 is 1.45 bits per heavy atom. The number of hydrogen-bond acceptors (Lipinski definition) is 3. The van der Waals surface area contributed by atoms with Gasteiger partial charge in [-0.3, -0.25) is 4.79 Å². The van der Waals surface area contributed by atoms with E-state index >= 15 is 0 Å². The standard InChI is InChI=1S/C15H20ClNO3/c1-10(2)3-4-17-14(18)7-11-5-13(16)6-12-8-19-9-20-15(11)12/h5-6,10H,3-4,7-9H2,1-2H3,(H,17,18). The minimum Gasteiger partial charge on any atom is -0.467 e. The summed E-state index contributed by atoms with van der Waals surface area (Å²) < 4.78 is 10.7. The monoisotopic (exact) mass is 297 g/mol. The van der Waals surface area contributed by atoms with Crippen LogP contribution in [-0.2, 0) is 22.6 Å². The number of carbonyl (C=O) groups excluding carboxylic acids is 1. The molecular formula is C15H20ClNO3. The molecule has 0 radical (unpaired) electrons. The number of amides is 1. The van der Waals surface area contributed by atoms with Gasteiger partial charge in [-0.25, -0.2) is 0 Å². The van der Waals surface area contributed by atoms with Crippen LogP contribution < -0.4 is 10.1 Å². The third kappa shape index (κ3) is 4.12. The molecule has 0 aromatic heterocycles. The van der Waals surface area contributed by atoms with E-state index in [1.807, 2.05) is 6.07 Å². The van der Waals surface area contributed by atoms with Crippen LogP contribution in [0.25, 0.3) is 0 Å². The van der Waals surface area contributed by atoms with Gasteiger partial charge in [-0.05, 0) is 24.5 Å². The fourth-order valence-corrected chi connectivity index (χ4v) is 2.39. The molecule has 1 aromatic rings. The molecule has 1 heterocycles. The quantitative estimate of drug-likeness (QED) is 0.909. The zero-order chi connectivity index (χ0) is 14.5. The van der Waals surface area contributed by atoms with Crippen molar-refractivity contribution < 1.29 is 14.3 Å². The van der Waals surface area contributed by atoms with Crippen LogP contribution in [0.1, 0.15) is 31.4 Å². The maximum Gasteiger partial charge on any atom is 0.224 e. The summed E-state index contributed by atoms with van der Waals surface area (Å²) in [4.78, 5) is 12.0. The summed E-state index contributed by atoms with van der Waals surface area (Å²) in [5.74, 6) is 1.31. The lowest BCUT2D eigenvalue weighted by molar-refractivity contribution is -0.120. The first kappa shape index (κ1) is 15.1. The summed E-state index contributed by atoms with van der Waals surface area (Å²) in [5, 5.41) is 3.52. The molecule has 20 heavy (non-hydrogen) atoms. The highest BCUT2D eigenvalue weighted by Gasteiger charge is 2.18. The Balaban J connectivity index is 2.01. The zero-order valence-corrected chi connectivity index (χ0v) is 12.6. The number of nitrogens with one attached hydrogen (secondary N) is 1. The minimum absolute atomic E-state index is 0.00907. The van der Waals surface area contributed by atoms with Gasteiger partial charge in [0.15, 0.2) is 6.79 Å². The van der Waals surface area contributed by atoms with E-state index in [9.17, 15) is 4.79 Å². The smallest absolute Gasteiger partial charge is 0.224 e. The number of ether oxygens (including phenoxy) is 2. The zero-order valence-electron chi connectivity index (χ0n) is 11.9. The molecule has 1 aromatic carbocycles. The van der Waals surface area contributed by atoms with Crippen LogP contribution in [0.15, 0.2) is 12.1 Å². The number of benzene rings is 1. The van der Waals surface area contributed by atoms with Crippen LogP contribution in [0.2, 0.25) is 5.02 Å². The first-order chi connectivity index (χ1) is 9.56. The highest BCUT2D eigenvalue weighted by atomic mass is 35.5. The molecule has 2 rings (SSSR count). The predicted octanol–water partition coefficient (Wildman–Crippen LogP) is 2.91. The molecule has 110 valence electrons. The van der Waals surface area contributed by atoms with E-state index < -0.39 is 0 Å². The summed E-state index contributed by atoms with van der Waals surface area (Å²) in [5.41, 5.74) is 1.71. The SMILES string of the molecule is CC(C)CCNC(=O)Cc1cc(Cl)cc2c1OCOC2. The first-order valence-electron chi connectivity index (χ1n) is 6.85. The first-order valence-corrected chi connectivity index (χ1v) is 7.22. The van der Waals surface area contributed by atoms with Crippen LogP contribution in [-0.4, -0.2) is 19.2 Å². The van der Waals surface area contributed by atoms with E-state index in [1.165, 1.54) is 0 Å². The van der Waals surface area contributed by atoms with Gasteiger partial charge in [0, 0.05) is 22.7 Å². The second kappa shape index (κ2) is 6.95. The molecule has 0 aliphatic carbocycles. The van der Waals surface area contributed by atoms with Crippen LogP contribution in [0, 0.1) is 5.92 Å². The molecule has 4 nitrogen and oxygen atoms in total. The second-order valence-electron chi connectivity index (χ2n) is 5.37. The van der Waals surface area contributed by atoms with Crippen LogP contribution in [0.3, 0.4) is 0 Å². The highest BCUT2D eigenvalue weighted by Crippen LogP contribution is 2.31. The van der Waals surface area contributed by atoms with Crippen molar-refractivity contribution in [2.45, 2.75) is 33.3 Å². The van der Waals surface area contributed by atoms with E-state index in [4.69, 9.17) is 21.1 Å². The van der Waals surface area contributed by atoms with Crippen molar-refractivity contribution >= 4 is 17.5 Å². The van der Waals surface area contributed by atoms with Crippen molar-refractivity contribution in [3.63, 3.8) is 0 Å². The topological polar surface area (TPSA) is 47.6 Å². The molecule has 0 fully saturated rings. The number of fused-ring (bicyclic) bond motifs is 1. The minimum atomic E-state index is -0.00907. The van der Waals surface area contributed by atoms with Gasteiger partial charge in [0.1, 0.15) is 5.75 Å². The Labute approximate surface area is 124 Å². The predicted molar refractivity (Wildman–Crippen MR) is 77.9 cm³/mol. The van der Waals surface area contributed by atoms with E-state index in [0.717, 1.165) is 23.3 Å². The number of carbonyl (C=O) groups is 1. The fourth-order valence-electron chi connectivity index (χ4n) is 2.12. The lowest BCUT2D eigenvalue weighted by Gasteiger charge is -2.21. The Kier molecular flexibility index (Phi) is 5.26. The summed E-state index contributed by atoms with van der Waals surface area (Å²) >= 11 is 6.07. The lowest BCUT2D eigenvalue weighted by Crippen LogP contribution is -2.27. The van der Waals surface area contributed by atoms with Gasteiger partial charge >= 0.3 is 0 Å². The normalized spacial score (nSPS) is 13.8. The summed E-state index contributed by atoms with van der Waals surface area (Å²) in [7, 11) is 0. The molecule has 1 aliphatic heterocycles. The van der Waals surface area contributed by atoms with Crippen LogP contribution in [0.4, 0.5) is 0 Å². The lowest BCUT2D eigenvalue weighted by atomic mass is 10.1. The third-order valence-corrected chi connectivity index (χ3v) is 3.36. The average Bonchev–Trinajstić information content (AvgIpc) is 2.38. The van der Waals surface area contributed by atoms with Gasteiger partial charge in [0.25, 0.3) is 0 Å². The molecule has 1 amide bonds. The number of halogens is 1. The Morgan fingerprint density at radius 3 is 3.00 bits per heavy atom. The van der Waals surface area contributed by atoms with Crippen LogP contribution in [0.5, 0.6) is 5.75 Å². The largest absolute Gasteiger partial charge is 0.467 e. The van der Waals surface area contributed by atoms with E-state index in [2.05, 4.69) is 19.2 Å². The summed E-state index contributed by atoms with van der Waals surface area (Å²) in [6.07, 6.45) is 1.25. The van der Waals surface area contributed by atoms with Gasteiger partial charge in [0.05, 0.1) is 13.0 Å². The van der Waals surface area contributed by atoms with Gasteiger partial charge in [-0.15, -0.1) is 0 Å². The van der Waals surface area contributed by atoms with Gasteiger partial charge in [-0.1, -0.05) is 25.4 Å². The van der Waals surface area contributed by atoms with Gasteiger partial charge in [0.2, 0.25) is 5.91 Å². The number of rotatable bonds is 5. The van der Waals surface area contributed by atoms with Gasteiger partial charge < -0.3 is 14.8 Å². The molecule has 5 heteroatoms. The van der Waals surface area contributed by atoms with E-state index in [0.29, 0.717) is 24.1 Å². The maximum atomic E-state index is 12.0. The van der Waals surface area contributed by atoms with Crippen LogP contribution >= 0.6 is 11.6 Å². The molecule has 0 atom stereocenters. The molecule has 0 bridgehead atoms. The van der Waals surface area contributed by atoms with Crippen molar-refractivity contribution in [3.8, 4) is 5.75 Å². The molecule has 0 saturated heterocycles. The average molecular weight is 298 g/mol. The van der Waals surface area contributed by atoms with E-state index in [1.54, 1.807) is 6.07 Å². The van der Waals surface area contributed by atoms with Crippen molar-refractivity contribution in [3.05, 3.63) is 28.3 Å². The molecule has 0 unspecified atom stereocenters. The molecule has 0 spiro atoms. The second-order valence-corrected chi connectivity index (χ2v) is 5.81. The van der Waals surface area contributed by atoms with Crippen molar-refractivity contribution in [1.29, 1.82) is 0 Å². The van der Waals surface area contributed by atoms with Crippen molar-refractivity contribution in [2.24, 2.45) is 5.92 Å². The van der Waals surface area contributed by atoms with Crippen molar-refractivity contribution in [2.75, 3.05) is 13.3 Å². The van der Waals surface area contributed by atoms with E-state index in [-0.39, 0.29) is 19.1 Å². The summed E-state index contributed by atoms with van der Waals surface area (Å²) in [6.45, 7) is 5.65. The van der Waals surface area contributed by atoms with Crippen molar-refractivity contribution in [1.82, 2.24) is 5.32 Å². The number of hydrogen-bond donors (Lipinski definition) is 1. The van der Waals surface area contributed by atoms with Gasteiger partial charge in [-0.2, -0.15) is 0 Å². The Morgan fingerprint density at radius 2 is 2.25 bits per heavy atom. The summed E-state index contributed by atoms with van der Waals surface area (Å²) in [6, 6.07) is 3.60. The molecule has 1 N–H and O–H groups in total. The Hall–Kier alpha value is -1.26. The Bertz CT molecular complexity index is 488. The third-order valence-electron chi connectivity index (χ3n) is 3.15.